The van der Waals surface area contributed by atoms with Crippen LogP contribution < -0.4 is 5.32 Å². The number of carbonyl (C=O) groups excluding carboxylic acids is 1. The van der Waals surface area contributed by atoms with Crippen molar-refractivity contribution < 1.29 is 14.6 Å². The summed E-state index contributed by atoms with van der Waals surface area (Å²) in [6.45, 7) is 2.32. The van der Waals surface area contributed by atoms with Crippen molar-refractivity contribution in [2.45, 2.75) is 70.1 Å². The minimum absolute atomic E-state index is 0.143. The fourth-order valence-electron chi connectivity index (χ4n) is 4.55. The Balaban J connectivity index is 1.44. The molecule has 3 rings (SSSR count). The van der Waals surface area contributed by atoms with Crippen molar-refractivity contribution in [2.75, 3.05) is 6.61 Å². The molecule has 114 valence electrons. The maximum absolute atomic E-state index is 12.1. The van der Waals surface area contributed by atoms with Gasteiger partial charge in [-0.05, 0) is 57.3 Å². The van der Waals surface area contributed by atoms with Gasteiger partial charge < -0.3 is 15.2 Å². The first-order valence-corrected chi connectivity index (χ1v) is 8.23. The van der Waals surface area contributed by atoms with Gasteiger partial charge in [-0.25, -0.2) is 0 Å². The lowest BCUT2D eigenvalue weighted by Gasteiger charge is -2.30. The molecule has 0 aromatic heterocycles. The Labute approximate surface area is 121 Å². The van der Waals surface area contributed by atoms with E-state index in [-0.39, 0.29) is 24.7 Å². The Morgan fingerprint density at radius 3 is 2.75 bits per heavy atom. The van der Waals surface area contributed by atoms with Gasteiger partial charge in [0.15, 0.2) is 0 Å². The van der Waals surface area contributed by atoms with Crippen LogP contribution in [-0.2, 0) is 9.53 Å². The van der Waals surface area contributed by atoms with Gasteiger partial charge in [0.05, 0.1) is 12.2 Å². The average Bonchev–Trinajstić information content (AvgIpc) is 3.12. The lowest BCUT2D eigenvalue weighted by Crippen LogP contribution is -2.45. The highest BCUT2D eigenvalue weighted by Gasteiger charge is 2.47. The second kappa shape index (κ2) is 6.02. The quantitative estimate of drug-likeness (QED) is 0.808. The van der Waals surface area contributed by atoms with Crippen molar-refractivity contribution in [2.24, 2.45) is 17.8 Å². The molecule has 3 fully saturated rings. The first kappa shape index (κ1) is 14.3. The van der Waals surface area contributed by atoms with Gasteiger partial charge in [0.1, 0.15) is 0 Å². The summed E-state index contributed by atoms with van der Waals surface area (Å²) < 4.78 is 5.75. The summed E-state index contributed by atoms with van der Waals surface area (Å²) in [7, 11) is 0. The normalized spacial score (nSPS) is 43.1. The van der Waals surface area contributed by atoms with E-state index in [1.807, 2.05) is 0 Å². The molecule has 1 aliphatic heterocycles. The van der Waals surface area contributed by atoms with E-state index in [1.54, 1.807) is 0 Å². The van der Waals surface area contributed by atoms with Crippen molar-refractivity contribution in [3.63, 3.8) is 0 Å². The molecule has 1 amide bonds. The number of nitrogens with one attached hydrogen (secondary N) is 1. The van der Waals surface area contributed by atoms with Crippen LogP contribution in [0.1, 0.15) is 51.9 Å². The van der Waals surface area contributed by atoms with Crippen LogP contribution in [0.25, 0.3) is 0 Å². The first-order valence-electron chi connectivity index (χ1n) is 8.23. The number of amides is 1. The van der Waals surface area contributed by atoms with Crippen LogP contribution in [0.15, 0.2) is 0 Å². The highest BCUT2D eigenvalue weighted by atomic mass is 16.5. The molecule has 4 nitrogen and oxygen atoms in total. The van der Waals surface area contributed by atoms with E-state index < -0.39 is 0 Å². The molecule has 2 bridgehead atoms. The molecule has 4 heteroatoms. The fraction of sp³-hybridized carbons (Fsp3) is 0.938. The zero-order valence-electron chi connectivity index (χ0n) is 12.4. The van der Waals surface area contributed by atoms with Crippen molar-refractivity contribution in [3.05, 3.63) is 0 Å². The van der Waals surface area contributed by atoms with Crippen LogP contribution in [0, 0.1) is 17.8 Å². The molecule has 20 heavy (non-hydrogen) atoms. The van der Waals surface area contributed by atoms with Gasteiger partial charge in [0.25, 0.3) is 0 Å². The smallest absolute Gasteiger partial charge is 0.220 e. The Bertz CT molecular complexity index is 360. The molecule has 1 heterocycles. The molecule has 1 saturated heterocycles. The predicted molar refractivity (Wildman–Crippen MR) is 76.1 cm³/mol. The van der Waals surface area contributed by atoms with Crippen LogP contribution in [0.3, 0.4) is 0 Å². The minimum Gasteiger partial charge on any atom is -0.396 e. The highest BCUT2D eigenvalue weighted by molar-refractivity contribution is 5.76. The molecular weight excluding hydrogens is 254 g/mol. The minimum atomic E-state index is 0.143. The van der Waals surface area contributed by atoms with E-state index in [0.717, 1.165) is 19.3 Å². The van der Waals surface area contributed by atoms with Crippen LogP contribution in [0.2, 0.25) is 0 Å². The van der Waals surface area contributed by atoms with Gasteiger partial charge in [0, 0.05) is 25.0 Å². The Hall–Kier alpha value is -0.610. The zero-order valence-corrected chi connectivity index (χ0v) is 12.4. The Morgan fingerprint density at radius 2 is 2.05 bits per heavy atom. The van der Waals surface area contributed by atoms with Crippen LogP contribution in [0.5, 0.6) is 0 Å². The number of aliphatic hydroxyl groups excluding tert-OH is 1. The van der Waals surface area contributed by atoms with Crippen molar-refractivity contribution >= 4 is 5.91 Å². The van der Waals surface area contributed by atoms with Gasteiger partial charge in [0.2, 0.25) is 5.91 Å². The Morgan fingerprint density at radius 1 is 1.25 bits per heavy atom. The number of hydrogen-bond donors (Lipinski definition) is 2. The highest BCUT2D eigenvalue weighted by Crippen LogP contribution is 2.48. The summed E-state index contributed by atoms with van der Waals surface area (Å²) >= 11 is 0. The molecule has 6 atom stereocenters. The number of hydrogen-bond acceptors (Lipinski definition) is 3. The lowest BCUT2D eigenvalue weighted by molar-refractivity contribution is -0.123. The van der Waals surface area contributed by atoms with Gasteiger partial charge in [-0.15, -0.1) is 0 Å². The number of ether oxygens (including phenoxy) is 1. The van der Waals surface area contributed by atoms with Gasteiger partial charge >= 0.3 is 0 Å². The molecule has 0 spiro atoms. The summed E-state index contributed by atoms with van der Waals surface area (Å²) in [4.78, 5) is 12.1. The summed E-state index contributed by atoms with van der Waals surface area (Å²) in [6, 6.07) is 0.217. The van der Waals surface area contributed by atoms with Crippen molar-refractivity contribution in [1.29, 1.82) is 0 Å². The van der Waals surface area contributed by atoms with Gasteiger partial charge in [-0.3, -0.25) is 4.79 Å². The zero-order chi connectivity index (χ0) is 14.1. The number of carbonyl (C=O) groups is 1. The average molecular weight is 281 g/mol. The van der Waals surface area contributed by atoms with E-state index in [0.29, 0.717) is 30.3 Å². The molecule has 3 aliphatic rings. The lowest BCUT2D eigenvalue weighted by atomic mass is 9.85. The number of fused-ring (bicyclic) bond motifs is 2. The first-order chi connectivity index (χ1) is 9.67. The standard InChI is InChI=1S/C16H27NO3/c1-10-2-5-13(20-10)6-7-15(19)17-16-12-4-3-11(8-12)14(16)9-18/h10-14,16,18H,2-9H2,1H3,(H,17,19). The summed E-state index contributed by atoms with van der Waals surface area (Å²) in [5, 5.41) is 12.7. The van der Waals surface area contributed by atoms with E-state index in [2.05, 4.69) is 12.2 Å². The predicted octanol–water partition coefficient (Wildman–Crippen LogP) is 1.86. The van der Waals surface area contributed by atoms with E-state index in [4.69, 9.17) is 4.74 Å². The molecule has 2 aliphatic carbocycles. The van der Waals surface area contributed by atoms with Crippen LogP contribution in [0.4, 0.5) is 0 Å². The van der Waals surface area contributed by atoms with E-state index in [9.17, 15) is 9.90 Å². The summed E-state index contributed by atoms with van der Waals surface area (Å²) in [5.74, 6) is 1.67. The molecule has 6 unspecified atom stereocenters. The third-order valence-electron chi connectivity index (χ3n) is 5.64. The van der Waals surface area contributed by atoms with Crippen LogP contribution >= 0.6 is 0 Å². The van der Waals surface area contributed by atoms with Crippen molar-refractivity contribution in [1.82, 2.24) is 5.32 Å². The second-order valence-corrected chi connectivity index (χ2v) is 6.96. The van der Waals surface area contributed by atoms with Gasteiger partial charge in [-0.1, -0.05) is 0 Å². The molecule has 0 radical (unpaired) electrons. The second-order valence-electron chi connectivity index (χ2n) is 6.96. The van der Waals surface area contributed by atoms with Crippen LogP contribution in [-0.4, -0.2) is 35.9 Å². The number of rotatable bonds is 5. The largest absolute Gasteiger partial charge is 0.396 e. The van der Waals surface area contributed by atoms with Crippen molar-refractivity contribution in [3.8, 4) is 0 Å². The number of aliphatic hydroxyl groups is 1. The summed E-state index contributed by atoms with van der Waals surface area (Å²) in [5.41, 5.74) is 0. The molecule has 2 saturated carbocycles. The maximum Gasteiger partial charge on any atom is 0.220 e. The topological polar surface area (TPSA) is 58.6 Å². The third-order valence-corrected chi connectivity index (χ3v) is 5.64. The SMILES string of the molecule is CC1CCC(CCC(=O)NC2C3CCC(C3)C2CO)O1. The van der Waals surface area contributed by atoms with E-state index >= 15 is 0 Å². The molecule has 0 aromatic carbocycles. The molecule has 0 aromatic rings. The summed E-state index contributed by atoms with van der Waals surface area (Å²) in [6.07, 6.45) is 7.86. The third kappa shape index (κ3) is 2.86. The van der Waals surface area contributed by atoms with E-state index in [1.165, 1.54) is 19.3 Å². The molecular formula is C16H27NO3. The van der Waals surface area contributed by atoms with Gasteiger partial charge in [-0.2, -0.15) is 0 Å². The Kier molecular flexibility index (Phi) is 4.32. The molecule has 2 N–H and O–H groups in total. The maximum atomic E-state index is 12.1. The fourth-order valence-corrected chi connectivity index (χ4v) is 4.55. The monoisotopic (exact) mass is 281 g/mol.